The molecule has 7 nitrogen and oxygen atoms in total. The number of aryl methyl sites for hydroxylation is 1. The fourth-order valence-corrected chi connectivity index (χ4v) is 6.77. The number of thiophene rings is 1. The van der Waals surface area contributed by atoms with Gasteiger partial charge < -0.3 is 5.11 Å². The van der Waals surface area contributed by atoms with Crippen LogP contribution in [-0.2, 0) is 23.3 Å². The number of hydrogen-bond donors (Lipinski definition) is 2. The number of benzene rings is 1. The van der Waals surface area contributed by atoms with Crippen molar-refractivity contribution >= 4 is 34.6 Å². The minimum absolute atomic E-state index is 0.149. The number of nitrogens with zero attached hydrogens (tertiary/aromatic N) is 4. The Bertz CT molecular complexity index is 1290. The highest BCUT2D eigenvalue weighted by atomic mass is 35.5. The molecule has 3 aromatic rings. The van der Waals surface area contributed by atoms with Gasteiger partial charge in [0.1, 0.15) is 10.8 Å². The van der Waals surface area contributed by atoms with Gasteiger partial charge in [-0.05, 0) is 37.3 Å². The van der Waals surface area contributed by atoms with Crippen LogP contribution in [0.25, 0.3) is 5.00 Å². The Morgan fingerprint density at radius 1 is 1.21 bits per heavy atom. The van der Waals surface area contributed by atoms with Crippen LogP contribution in [0.15, 0.2) is 29.3 Å². The van der Waals surface area contributed by atoms with E-state index in [1.54, 1.807) is 17.4 Å². The summed E-state index contributed by atoms with van der Waals surface area (Å²) in [5.74, 6) is -0.130. The van der Waals surface area contributed by atoms with Gasteiger partial charge >= 0.3 is 5.97 Å². The van der Waals surface area contributed by atoms with Gasteiger partial charge in [-0.3, -0.25) is 10.3 Å². The third-order valence-corrected chi connectivity index (χ3v) is 8.62. The van der Waals surface area contributed by atoms with E-state index in [1.165, 1.54) is 11.3 Å². The minimum Gasteiger partial charge on any atom is -0.478 e. The van der Waals surface area contributed by atoms with Crippen LogP contribution in [0.1, 0.15) is 85.1 Å². The number of aliphatic imine (C=N–C) groups is 1. The minimum atomic E-state index is -2.09. The van der Waals surface area contributed by atoms with Crippen LogP contribution in [-0.4, -0.2) is 31.6 Å². The maximum absolute atomic E-state index is 12.6. The molecule has 0 bridgehead atoms. The quantitative estimate of drug-likeness (QED) is 0.503. The van der Waals surface area contributed by atoms with Crippen molar-refractivity contribution in [2.24, 2.45) is 10.7 Å². The average molecular weight is 498 g/mol. The third kappa shape index (κ3) is 3.51. The number of aromatic nitrogens is 3. The number of carboxylic acids is 1. The summed E-state index contributed by atoms with van der Waals surface area (Å²) in [6.07, 6.45) is 7.10. The lowest BCUT2D eigenvalue weighted by atomic mass is 9.88. The summed E-state index contributed by atoms with van der Waals surface area (Å²) in [6.45, 7) is 4.24. The van der Waals surface area contributed by atoms with E-state index in [0.29, 0.717) is 16.3 Å². The van der Waals surface area contributed by atoms with E-state index in [1.807, 2.05) is 22.8 Å². The first kappa shape index (κ1) is 23.2. The molecule has 1 aliphatic heterocycles. The van der Waals surface area contributed by atoms with E-state index in [0.717, 1.165) is 60.5 Å². The van der Waals surface area contributed by atoms with E-state index in [9.17, 15) is 9.90 Å². The van der Waals surface area contributed by atoms with Crippen LogP contribution in [0.5, 0.6) is 0 Å². The zero-order valence-corrected chi connectivity index (χ0v) is 20.9. The number of fused-ring (bicyclic) bond motifs is 3. The number of halogens is 1. The molecule has 5 rings (SSSR count). The fraction of sp³-hybridized carbons (Fsp3) is 0.440. The Morgan fingerprint density at radius 2 is 1.94 bits per heavy atom. The van der Waals surface area contributed by atoms with E-state index in [4.69, 9.17) is 22.3 Å². The molecule has 1 atom stereocenters. The molecular weight excluding hydrogens is 470 g/mol. The first-order valence-electron chi connectivity index (χ1n) is 11.9. The molecule has 3 N–H and O–H groups in total. The summed E-state index contributed by atoms with van der Waals surface area (Å²) in [7, 11) is 0. The van der Waals surface area contributed by atoms with Crippen LogP contribution in [0, 0.1) is 0 Å². The van der Waals surface area contributed by atoms with Gasteiger partial charge in [-0.1, -0.05) is 62.9 Å². The molecule has 1 unspecified atom stereocenters. The van der Waals surface area contributed by atoms with Crippen molar-refractivity contribution in [1.29, 1.82) is 0 Å². The van der Waals surface area contributed by atoms with Crippen LogP contribution in [0.4, 0.5) is 0 Å². The van der Waals surface area contributed by atoms with Crippen molar-refractivity contribution in [3.63, 3.8) is 0 Å². The second kappa shape index (κ2) is 8.91. The molecular formula is C25H28ClN5O2S. The smallest absolute Gasteiger partial charge is 0.354 e. The molecule has 2 aliphatic rings. The summed E-state index contributed by atoms with van der Waals surface area (Å²) < 4.78 is 1.91. The van der Waals surface area contributed by atoms with Crippen LogP contribution in [0.2, 0.25) is 5.02 Å². The van der Waals surface area contributed by atoms with E-state index in [-0.39, 0.29) is 11.7 Å². The Hall–Kier alpha value is -2.55. The topological polar surface area (TPSA) is 106 Å². The molecule has 0 amide bonds. The molecule has 34 heavy (non-hydrogen) atoms. The Morgan fingerprint density at radius 3 is 2.59 bits per heavy atom. The van der Waals surface area contributed by atoms with E-state index >= 15 is 0 Å². The van der Waals surface area contributed by atoms with E-state index < -0.39 is 11.6 Å². The lowest BCUT2D eigenvalue weighted by molar-refractivity contribution is -0.143. The van der Waals surface area contributed by atoms with Gasteiger partial charge in [-0.25, -0.2) is 9.79 Å². The number of carbonyl (C=O) groups is 1. The standard InChI is InChI=1S/C25H28ClN5O2S/c1-3-15-18(4-2)34-22-19(15)20(16-12-8-9-13-17(16)26)28-25(27,24(32)33)23-30-29-21(31(22)23)14-10-6-5-7-11-14/h8-9,12-14H,3-7,10-11,27H2,1-2H3,(H,32,33). The summed E-state index contributed by atoms with van der Waals surface area (Å²) >= 11 is 8.28. The lowest BCUT2D eigenvalue weighted by Gasteiger charge is -2.23. The number of rotatable bonds is 5. The van der Waals surface area contributed by atoms with Gasteiger partial charge in [0.2, 0.25) is 0 Å². The molecule has 2 aromatic heterocycles. The zero-order valence-electron chi connectivity index (χ0n) is 19.3. The van der Waals surface area contributed by atoms with Crippen molar-refractivity contribution in [1.82, 2.24) is 14.8 Å². The Labute approximate surface area is 207 Å². The maximum atomic E-state index is 12.6. The van der Waals surface area contributed by atoms with Crippen LogP contribution in [0.3, 0.4) is 0 Å². The van der Waals surface area contributed by atoms with Gasteiger partial charge in [0.15, 0.2) is 5.82 Å². The van der Waals surface area contributed by atoms with Crippen molar-refractivity contribution < 1.29 is 9.90 Å². The molecule has 9 heteroatoms. The highest BCUT2D eigenvalue weighted by Gasteiger charge is 2.47. The van der Waals surface area contributed by atoms with Crippen LogP contribution >= 0.6 is 22.9 Å². The average Bonchev–Trinajstić information content (AvgIpc) is 3.42. The molecule has 1 aromatic carbocycles. The molecule has 1 saturated carbocycles. The number of aliphatic carboxylic acids is 1. The molecule has 1 aliphatic carbocycles. The summed E-state index contributed by atoms with van der Waals surface area (Å²) in [5, 5.41) is 20.6. The third-order valence-electron chi connectivity index (χ3n) is 6.93. The Kier molecular flexibility index (Phi) is 6.08. The predicted molar refractivity (Wildman–Crippen MR) is 134 cm³/mol. The normalized spacial score (nSPS) is 20.4. The highest BCUT2D eigenvalue weighted by Crippen LogP contribution is 2.43. The molecule has 0 spiro atoms. The largest absolute Gasteiger partial charge is 0.478 e. The molecule has 0 radical (unpaired) electrons. The second-order valence-electron chi connectivity index (χ2n) is 8.95. The second-order valence-corrected chi connectivity index (χ2v) is 10.4. The molecule has 1 fully saturated rings. The van der Waals surface area contributed by atoms with Crippen LogP contribution < -0.4 is 5.73 Å². The van der Waals surface area contributed by atoms with Crippen molar-refractivity contribution in [3.05, 3.63) is 62.5 Å². The fourth-order valence-electron chi connectivity index (χ4n) is 5.20. The molecule has 3 heterocycles. The van der Waals surface area contributed by atoms with Gasteiger partial charge in [-0.2, -0.15) is 0 Å². The van der Waals surface area contributed by atoms with Gasteiger partial charge in [0.25, 0.3) is 5.66 Å². The first-order valence-corrected chi connectivity index (χ1v) is 13.1. The van der Waals surface area contributed by atoms with Gasteiger partial charge in [-0.15, -0.1) is 21.5 Å². The summed E-state index contributed by atoms with van der Waals surface area (Å²) in [4.78, 5) is 18.6. The highest BCUT2D eigenvalue weighted by molar-refractivity contribution is 7.15. The van der Waals surface area contributed by atoms with Crippen molar-refractivity contribution in [2.45, 2.75) is 70.4 Å². The summed E-state index contributed by atoms with van der Waals surface area (Å²) in [6, 6.07) is 7.37. The number of carboxylic acid groups (broad SMARTS) is 1. The van der Waals surface area contributed by atoms with Gasteiger partial charge in [0, 0.05) is 26.9 Å². The van der Waals surface area contributed by atoms with Crippen molar-refractivity contribution in [2.75, 3.05) is 0 Å². The monoisotopic (exact) mass is 497 g/mol. The van der Waals surface area contributed by atoms with E-state index in [2.05, 4.69) is 24.0 Å². The Balaban J connectivity index is 1.88. The molecule has 0 saturated heterocycles. The zero-order chi connectivity index (χ0) is 24.0. The predicted octanol–water partition coefficient (Wildman–Crippen LogP) is 5.20. The van der Waals surface area contributed by atoms with Gasteiger partial charge in [0.05, 0.1) is 5.71 Å². The lowest BCUT2D eigenvalue weighted by Crippen LogP contribution is -2.45. The SMILES string of the molecule is CCc1sc2c(c1CC)C(c1ccccc1Cl)=NC(N)(C(=O)O)c1nnc(C3CCCCC3)n1-2. The maximum Gasteiger partial charge on any atom is 0.354 e. The summed E-state index contributed by atoms with van der Waals surface area (Å²) in [5.41, 5.74) is 7.69. The van der Waals surface area contributed by atoms with Crippen molar-refractivity contribution in [3.8, 4) is 5.00 Å². The first-order chi connectivity index (χ1) is 16.4. The number of hydrogen-bond acceptors (Lipinski definition) is 6. The number of nitrogens with two attached hydrogens (primary N) is 1. The molecule has 178 valence electrons.